The van der Waals surface area contributed by atoms with Gasteiger partial charge in [0.05, 0.1) is 18.7 Å². The van der Waals surface area contributed by atoms with Crippen LogP contribution in [0.3, 0.4) is 0 Å². The summed E-state index contributed by atoms with van der Waals surface area (Å²) in [6, 6.07) is -1.09. The Bertz CT molecular complexity index is 445. The van der Waals surface area contributed by atoms with E-state index in [9.17, 15) is 15.0 Å². The second kappa shape index (κ2) is 8.79. The molecule has 0 saturated carbocycles. The van der Waals surface area contributed by atoms with E-state index in [1.54, 1.807) is 6.08 Å². The first kappa shape index (κ1) is 19.3. The maximum absolute atomic E-state index is 11.4. The van der Waals surface area contributed by atoms with E-state index in [-0.39, 0.29) is 12.6 Å². The van der Waals surface area contributed by atoms with Gasteiger partial charge in [-0.15, -0.1) is 0 Å². The molecular weight excluding hydrogens is 405 g/mol. The molecule has 1 aliphatic heterocycles. The van der Waals surface area contributed by atoms with Crippen LogP contribution in [0, 0.1) is 0 Å². The van der Waals surface area contributed by atoms with Gasteiger partial charge in [0.15, 0.2) is 0 Å². The van der Waals surface area contributed by atoms with Crippen molar-refractivity contribution in [1.82, 2.24) is 10.6 Å². The van der Waals surface area contributed by atoms with E-state index < -0.39 is 37.0 Å². The molecule has 0 saturated heterocycles. The predicted molar refractivity (Wildman–Crippen MR) is 88.8 cm³/mol. The van der Waals surface area contributed by atoms with Gasteiger partial charge in [-0.1, -0.05) is 6.58 Å². The fourth-order valence-electron chi connectivity index (χ4n) is 2.22. The molecule has 0 radical (unpaired) electrons. The quantitative estimate of drug-likeness (QED) is 0.211. The molecule has 126 valence electrons. The molecule has 7 N–H and O–H groups in total. The highest BCUT2D eigenvalue weighted by molar-refractivity contribution is 14.1. The number of hydrogen-bond acceptors (Lipinski definition) is 7. The molecule has 0 unspecified atom stereocenters. The summed E-state index contributed by atoms with van der Waals surface area (Å²) in [4.78, 5) is 11.4. The minimum absolute atomic E-state index is 0.142. The summed E-state index contributed by atoms with van der Waals surface area (Å²) in [5, 5.41) is 34.6. The van der Waals surface area contributed by atoms with Crippen molar-refractivity contribution in [3.8, 4) is 0 Å². The Morgan fingerprint density at radius 1 is 1.59 bits per heavy atom. The number of halogens is 1. The Labute approximate surface area is 142 Å². The number of nitrogens with two attached hydrogens (primary N) is 1. The highest BCUT2D eigenvalue weighted by Gasteiger charge is 2.42. The number of hydrogen-bond donors (Lipinski definition) is 6. The fraction of sp³-hybridized carbons (Fsp3) is 0.615. The molecule has 5 atom stereocenters. The molecule has 0 fully saturated rings. The number of carbonyl (C=O) groups is 1. The lowest BCUT2D eigenvalue weighted by Gasteiger charge is -2.40. The summed E-state index contributed by atoms with van der Waals surface area (Å²) in [5.41, 5.74) is 5.51. The molecule has 1 aliphatic rings. The lowest BCUT2D eigenvalue weighted by molar-refractivity contribution is -0.126. The van der Waals surface area contributed by atoms with Crippen molar-refractivity contribution in [2.24, 2.45) is 5.73 Å². The van der Waals surface area contributed by atoms with Crippen LogP contribution in [-0.2, 0) is 9.53 Å². The zero-order chi connectivity index (χ0) is 16.9. The van der Waals surface area contributed by atoms with Crippen molar-refractivity contribution in [3.05, 3.63) is 22.0 Å². The van der Waals surface area contributed by atoms with E-state index in [0.29, 0.717) is 9.34 Å². The third-order valence-corrected chi connectivity index (χ3v) is 3.78. The molecule has 1 amide bonds. The van der Waals surface area contributed by atoms with Crippen LogP contribution in [0.25, 0.3) is 0 Å². The zero-order valence-electron chi connectivity index (χ0n) is 12.2. The topological polar surface area (TPSA) is 137 Å². The number of aliphatic hydroxyl groups is 3. The number of nitrogens with one attached hydrogen (secondary N) is 2. The number of rotatable bonds is 7. The lowest BCUT2D eigenvalue weighted by Crippen LogP contribution is -2.63. The molecule has 1 heterocycles. The summed E-state index contributed by atoms with van der Waals surface area (Å²) in [6.07, 6.45) is -2.07. The SMILES string of the molecule is C=C(I)C1=C[C@H](NCN)[C@@H](NC(C)=O)[C@H]([C@H](O)[C@H](O)CO)O1. The van der Waals surface area contributed by atoms with Crippen LogP contribution in [0.15, 0.2) is 22.0 Å². The Kier molecular flexibility index (Phi) is 7.72. The van der Waals surface area contributed by atoms with Gasteiger partial charge in [-0.3, -0.25) is 10.1 Å². The van der Waals surface area contributed by atoms with Crippen LogP contribution < -0.4 is 16.4 Å². The number of ether oxygens (including phenoxy) is 1. The average molecular weight is 427 g/mol. The van der Waals surface area contributed by atoms with E-state index in [0.717, 1.165) is 0 Å². The van der Waals surface area contributed by atoms with Gasteiger partial charge in [-0.05, 0) is 28.7 Å². The number of carbonyl (C=O) groups excluding carboxylic acids is 1. The van der Waals surface area contributed by atoms with Crippen LogP contribution in [0.4, 0.5) is 0 Å². The van der Waals surface area contributed by atoms with Crippen molar-refractivity contribution >= 4 is 28.5 Å². The second-order valence-corrected chi connectivity index (χ2v) is 6.22. The zero-order valence-corrected chi connectivity index (χ0v) is 14.4. The number of allylic oxidation sites excluding steroid dienone is 1. The fourth-order valence-corrected chi connectivity index (χ4v) is 2.53. The van der Waals surface area contributed by atoms with Crippen LogP contribution in [0.2, 0.25) is 0 Å². The minimum atomic E-state index is -1.40. The molecule has 0 bridgehead atoms. The summed E-state index contributed by atoms with van der Waals surface area (Å²) >= 11 is 1.97. The highest BCUT2D eigenvalue weighted by Crippen LogP contribution is 2.28. The van der Waals surface area contributed by atoms with Crippen molar-refractivity contribution in [2.75, 3.05) is 13.3 Å². The molecule has 0 aliphatic carbocycles. The first-order chi connectivity index (χ1) is 10.3. The average Bonchev–Trinajstić information content (AvgIpc) is 2.46. The van der Waals surface area contributed by atoms with E-state index in [4.69, 9.17) is 15.6 Å². The van der Waals surface area contributed by atoms with Gasteiger partial charge in [-0.2, -0.15) is 0 Å². The van der Waals surface area contributed by atoms with E-state index in [1.165, 1.54) is 6.92 Å². The van der Waals surface area contributed by atoms with E-state index in [1.807, 2.05) is 22.6 Å². The molecule has 9 heteroatoms. The van der Waals surface area contributed by atoms with Crippen molar-refractivity contribution in [2.45, 2.75) is 37.3 Å². The van der Waals surface area contributed by atoms with Crippen molar-refractivity contribution in [1.29, 1.82) is 0 Å². The van der Waals surface area contributed by atoms with E-state index >= 15 is 0 Å². The minimum Gasteiger partial charge on any atom is -0.485 e. The van der Waals surface area contributed by atoms with Gasteiger partial charge < -0.3 is 31.1 Å². The standard InChI is InChI=1S/C13H22IN3O5/c1-6(14)10-3-8(16-5-15)11(17-7(2)19)13(22-10)12(21)9(20)4-18/h3,8-9,11-13,16,18,20-21H,1,4-5,15H2,2H3,(H,17,19)/t8-,9+,11+,12+,13+/m0/s1. The predicted octanol–water partition coefficient (Wildman–Crippen LogP) is -1.69. The van der Waals surface area contributed by atoms with Gasteiger partial charge in [0.25, 0.3) is 0 Å². The van der Waals surface area contributed by atoms with Gasteiger partial charge in [0.1, 0.15) is 24.1 Å². The Morgan fingerprint density at radius 3 is 2.68 bits per heavy atom. The van der Waals surface area contributed by atoms with Crippen molar-refractivity contribution in [3.63, 3.8) is 0 Å². The van der Waals surface area contributed by atoms with Crippen LogP contribution >= 0.6 is 22.6 Å². The first-order valence-electron chi connectivity index (χ1n) is 6.72. The van der Waals surface area contributed by atoms with E-state index in [2.05, 4.69) is 17.2 Å². The van der Waals surface area contributed by atoms with Crippen LogP contribution in [0.1, 0.15) is 6.92 Å². The van der Waals surface area contributed by atoms with Gasteiger partial charge in [0, 0.05) is 17.2 Å². The first-order valence-corrected chi connectivity index (χ1v) is 7.80. The monoisotopic (exact) mass is 427 g/mol. The summed E-state index contributed by atoms with van der Waals surface area (Å²) in [5.74, 6) is 0.0978. The van der Waals surface area contributed by atoms with Gasteiger partial charge in [-0.25, -0.2) is 0 Å². The Hall–Kier alpha value is -0.720. The Morgan fingerprint density at radius 2 is 2.23 bits per heavy atom. The third-order valence-electron chi connectivity index (χ3n) is 3.24. The third kappa shape index (κ3) is 4.89. The molecule has 8 nitrogen and oxygen atoms in total. The maximum atomic E-state index is 11.4. The smallest absolute Gasteiger partial charge is 0.217 e. The molecule has 1 rings (SSSR count). The van der Waals surface area contributed by atoms with Crippen molar-refractivity contribution < 1.29 is 24.9 Å². The van der Waals surface area contributed by atoms with Crippen LogP contribution in [0.5, 0.6) is 0 Å². The number of aliphatic hydroxyl groups excluding tert-OH is 3. The molecule has 0 spiro atoms. The normalized spacial score (nSPS) is 27.4. The second-order valence-electron chi connectivity index (χ2n) is 4.92. The lowest BCUT2D eigenvalue weighted by atomic mass is 9.92. The molecular formula is C13H22IN3O5. The summed E-state index contributed by atoms with van der Waals surface area (Å²) in [6.45, 7) is 4.62. The maximum Gasteiger partial charge on any atom is 0.217 e. The molecule has 0 aromatic rings. The summed E-state index contributed by atoms with van der Waals surface area (Å²) < 4.78 is 6.26. The molecule has 22 heavy (non-hydrogen) atoms. The number of amides is 1. The van der Waals surface area contributed by atoms with Gasteiger partial charge >= 0.3 is 0 Å². The largest absolute Gasteiger partial charge is 0.485 e. The highest BCUT2D eigenvalue weighted by atomic mass is 127. The summed E-state index contributed by atoms with van der Waals surface area (Å²) in [7, 11) is 0. The Balaban J connectivity index is 3.15. The van der Waals surface area contributed by atoms with Gasteiger partial charge in [0.2, 0.25) is 5.91 Å². The van der Waals surface area contributed by atoms with Crippen LogP contribution in [-0.4, -0.2) is 64.9 Å². The molecule has 0 aromatic carbocycles. The molecule has 0 aromatic heterocycles.